The first-order valence-electron chi connectivity index (χ1n) is 18.3. The molecule has 0 aliphatic carbocycles. The number of fused-ring (bicyclic) bond motifs is 7. The second-order valence-electron chi connectivity index (χ2n) is 15.1. The van der Waals surface area contributed by atoms with Crippen LogP contribution in [0.1, 0.15) is 37.7 Å². The summed E-state index contributed by atoms with van der Waals surface area (Å²) in [6.45, 7) is 3.58. The summed E-state index contributed by atoms with van der Waals surface area (Å²) in [5, 5.41) is 17.2. The first kappa shape index (κ1) is 34.8. The number of rotatable bonds is 8. The number of anilines is 1. The molecule has 4 saturated heterocycles. The number of halogens is 4. The molecule has 9 rings (SSSR count). The number of terminal acetylenes is 1. The number of aryl methyl sites for hydroxylation is 1. The van der Waals surface area contributed by atoms with E-state index in [0.29, 0.717) is 54.6 Å². The minimum Gasteiger partial charge on any atom is -0.508 e. The maximum atomic E-state index is 17.7. The van der Waals surface area contributed by atoms with Crippen LogP contribution < -0.4 is 9.64 Å². The second-order valence-corrected chi connectivity index (χ2v) is 15.1. The van der Waals surface area contributed by atoms with Crippen molar-refractivity contribution >= 4 is 38.4 Å². The Balaban J connectivity index is 1.25. The molecule has 10 nitrogen and oxygen atoms in total. The number of hydrogen-bond acceptors (Lipinski definition) is 9. The van der Waals surface area contributed by atoms with Gasteiger partial charge in [-0.05, 0) is 67.8 Å². The summed E-state index contributed by atoms with van der Waals surface area (Å²) in [7, 11) is 3.42. The maximum Gasteiger partial charge on any atom is 0.319 e. The first-order chi connectivity index (χ1) is 26.1. The molecule has 4 fully saturated rings. The van der Waals surface area contributed by atoms with Crippen molar-refractivity contribution in [2.75, 3.05) is 57.9 Å². The van der Waals surface area contributed by atoms with Crippen LogP contribution in [-0.2, 0) is 11.8 Å². The van der Waals surface area contributed by atoms with Crippen LogP contribution in [0.5, 0.6) is 11.8 Å². The lowest BCUT2D eigenvalue weighted by Gasteiger charge is -2.41. The molecule has 6 heterocycles. The van der Waals surface area contributed by atoms with Gasteiger partial charge in [0.25, 0.3) is 6.08 Å². The fourth-order valence-corrected chi connectivity index (χ4v) is 9.61. The van der Waals surface area contributed by atoms with Crippen LogP contribution >= 0.6 is 0 Å². The van der Waals surface area contributed by atoms with Crippen LogP contribution in [0.2, 0.25) is 0 Å². The number of aromatic hydroxyl groups is 1. The largest absolute Gasteiger partial charge is 0.508 e. The Bertz CT molecular complexity index is 2410. The molecule has 2 aromatic heterocycles. The Morgan fingerprint density at radius 1 is 1.09 bits per heavy atom. The fraction of sp³-hybridized carbons (Fsp3) is 0.425. The molecule has 0 radical (unpaired) electrons. The van der Waals surface area contributed by atoms with Crippen molar-refractivity contribution in [3.63, 3.8) is 0 Å². The molecule has 2 bridgehead atoms. The summed E-state index contributed by atoms with van der Waals surface area (Å²) in [4.78, 5) is 16.4. The minimum atomic E-state index is -1.66. The standard InChI is InChI=1S/C40H39F4N7O3/c1-4-27-30(41)9-6-22-14-26(52)15-28(31(22)27)32-34(42)36-33(29-20-48(2)47-35(29)32)38(49-18-24-7-8-25(19-49)51(24)12-13-53-3)46-39(45-36)54-21-40-10-5-11-50(40)17-23(16-40)37(43)44/h1,6,9,14-15,20,24-25,52H,5,7-8,10-13,16-19,21H2,2-3H3. The second kappa shape index (κ2) is 13.1. The Kier molecular flexibility index (Phi) is 8.44. The van der Waals surface area contributed by atoms with E-state index < -0.39 is 23.3 Å². The molecule has 280 valence electrons. The van der Waals surface area contributed by atoms with E-state index in [9.17, 15) is 13.9 Å². The van der Waals surface area contributed by atoms with Gasteiger partial charge in [0.05, 0.1) is 23.1 Å². The molecule has 5 aromatic rings. The van der Waals surface area contributed by atoms with E-state index in [0.717, 1.165) is 25.8 Å². The number of benzene rings is 3. The Morgan fingerprint density at radius 3 is 2.63 bits per heavy atom. The molecule has 3 unspecified atom stereocenters. The summed E-state index contributed by atoms with van der Waals surface area (Å²) >= 11 is 0. The van der Waals surface area contributed by atoms with E-state index in [4.69, 9.17) is 31.0 Å². The minimum absolute atomic E-state index is 0.00860. The van der Waals surface area contributed by atoms with E-state index in [2.05, 4.69) is 15.7 Å². The summed E-state index contributed by atoms with van der Waals surface area (Å²) in [6, 6.07) is 5.89. The molecule has 0 saturated carbocycles. The van der Waals surface area contributed by atoms with Crippen LogP contribution in [0, 0.1) is 24.0 Å². The molecule has 14 heteroatoms. The highest BCUT2D eigenvalue weighted by Gasteiger charge is 2.48. The van der Waals surface area contributed by atoms with Gasteiger partial charge in [-0.25, -0.2) is 8.78 Å². The summed E-state index contributed by atoms with van der Waals surface area (Å²) in [5.74, 6) is 1.31. The molecule has 4 aliphatic rings. The zero-order chi connectivity index (χ0) is 37.5. The molecule has 3 atom stereocenters. The first-order valence-corrected chi connectivity index (χ1v) is 18.3. The van der Waals surface area contributed by atoms with Crippen molar-refractivity contribution in [1.82, 2.24) is 29.5 Å². The highest BCUT2D eigenvalue weighted by atomic mass is 19.3. The average Bonchev–Trinajstić information content (AvgIpc) is 3.89. The predicted molar refractivity (Wildman–Crippen MR) is 197 cm³/mol. The zero-order valence-corrected chi connectivity index (χ0v) is 30.0. The molecular formula is C40H39F4N7O3. The zero-order valence-electron chi connectivity index (χ0n) is 30.0. The van der Waals surface area contributed by atoms with Gasteiger partial charge in [0.15, 0.2) is 5.82 Å². The van der Waals surface area contributed by atoms with Crippen molar-refractivity contribution in [2.45, 2.75) is 49.7 Å². The predicted octanol–water partition coefficient (Wildman–Crippen LogP) is 6.37. The van der Waals surface area contributed by atoms with E-state index in [1.54, 1.807) is 25.0 Å². The maximum absolute atomic E-state index is 17.7. The summed E-state index contributed by atoms with van der Waals surface area (Å²) in [5.41, 5.74) is -0.237. The van der Waals surface area contributed by atoms with Gasteiger partial charge in [0.2, 0.25) is 0 Å². The molecular weight excluding hydrogens is 702 g/mol. The number of aromatic nitrogens is 4. The van der Waals surface area contributed by atoms with E-state index in [1.807, 2.05) is 4.90 Å². The third kappa shape index (κ3) is 5.47. The van der Waals surface area contributed by atoms with Gasteiger partial charge in [0, 0.05) is 80.5 Å². The number of nitrogens with zero attached hydrogens (tertiary/aromatic N) is 7. The lowest BCUT2D eigenvalue weighted by Crippen LogP contribution is -2.54. The highest BCUT2D eigenvalue weighted by molar-refractivity contribution is 6.18. The van der Waals surface area contributed by atoms with Crippen LogP contribution in [0.15, 0.2) is 42.1 Å². The number of ether oxygens (including phenoxy) is 2. The highest BCUT2D eigenvalue weighted by Crippen LogP contribution is 2.47. The van der Waals surface area contributed by atoms with Crippen molar-refractivity contribution in [1.29, 1.82) is 0 Å². The van der Waals surface area contributed by atoms with Crippen molar-refractivity contribution < 1.29 is 32.1 Å². The van der Waals surface area contributed by atoms with Crippen molar-refractivity contribution in [3.8, 4) is 35.2 Å². The fourth-order valence-electron chi connectivity index (χ4n) is 9.61. The lowest BCUT2D eigenvalue weighted by molar-refractivity contribution is 0.105. The van der Waals surface area contributed by atoms with Crippen LogP contribution in [0.25, 0.3) is 43.7 Å². The van der Waals surface area contributed by atoms with E-state index in [1.165, 1.54) is 24.3 Å². The smallest absolute Gasteiger partial charge is 0.319 e. The molecule has 4 aliphatic heterocycles. The van der Waals surface area contributed by atoms with Crippen LogP contribution in [-0.4, -0.2) is 105 Å². The van der Waals surface area contributed by atoms with Crippen LogP contribution in [0.4, 0.5) is 23.4 Å². The van der Waals surface area contributed by atoms with Gasteiger partial charge in [-0.3, -0.25) is 14.5 Å². The van der Waals surface area contributed by atoms with Crippen molar-refractivity contribution in [2.24, 2.45) is 7.05 Å². The third-order valence-corrected chi connectivity index (χ3v) is 12.0. The number of hydrogen-bond donors (Lipinski definition) is 1. The summed E-state index contributed by atoms with van der Waals surface area (Å²) < 4.78 is 73.9. The topological polar surface area (TPSA) is 92.0 Å². The van der Waals surface area contributed by atoms with Crippen molar-refractivity contribution in [3.05, 3.63) is 59.3 Å². The van der Waals surface area contributed by atoms with Gasteiger partial charge < -0.3 is 19.5 Å². The normalized spacial score (nSPS) is 22.9. The molecule has 0 amide bonds. The quantitative estimate of drug-likeness (QED) is 0.144. The van der Waals surface area contributed by atoms with E-state index in [-0.39, 0.29) is 82.1 Å². The number of phenolic OH excluding ortho intramolecular Hbond substituents is 1. The number of piperazine rings is 1. The third-order valence-electron chi connectivity index (χ3n) is 12.0. The number of phenols is 1. The SMILES string of the molecule is C#Cc1c(F)ccc2cc(O)cc(-c3c(F)c4nc(OCC56CCCN5CC(=C(F)F)C6)nc(N5CC6CCC(C5)N6CCOC)c4c4cn(C)nc34)c12. The Hall–Kier alpha value is -4.97. The molecule has 54 heavy (non-hydrogen) atoms. The van der Waals surface area contributed by atoms with Gasteiger partial charge >= 0.3 is 6.01 Å². The summed E-state index contributed by atoms with van der Waals surface area (Å²) in [6.07, 6.45) is 9.62. The number of methoxy groups -OCH3 is 1. The van der Waals surface area contributed by atoms with Gasteiger partial charge in [-0.15, -0.1) is 6.42 Å². The monoisotopic (exact) mass is 741 g/mol. The molecule has 3 aromatic carbocycles. The molecule has 0 spiro atoms. The van der Waals surface area contributed by atoms with Gasteiger partial charge in [-0.2, -0.15) is 23.8 Å². The average molecular weight is 742 g/mol. The van der Waals surface area contributed by atoms with Crippen LogP contribution in [0.3, 0.4) is 0 Å². The van der Waals surface area contributed by atoms with Gasteiger partial charge in [-0.1, -0.05) is 12.0 Å². The van der Waals surface area contributed by atoms with Gasteiger partial charge in [0.1, 0.15) is 35.0 Å². The Morgan fingerprint density at radius 2 is 1.89 bits per heavy atom. The Labute approximate surface area is 308 Å². The van der Waals surface area contributed by atoms with E-state index >= 15 is 8.78 Å². The molecule has 1 N–H and O–H groups in total. The lowest BCUT2D eigenvalue weighted by atomic mass is 9.91.